The Morgan fingerprint density at radius 1 is 1.26 bits per heavy atom. The average molecular weight is 340 g/mol. The lowest BCUT2D eigenvalue weighted by molar-refractivity contribution is -0.126. The summed E-state index contributed by atoms with van der Waals surface area (Å²) >= 11 is 0. The van der Waals surface area contributed by atoms with Gasteiger partial charge in [0.15, 0.2) is 6.61 Å². The van der Waals surface area contributed by atoms with E-state index in [0.717, 1.165) is 4.90 Å². The second-order valence-electron chi connectivity index (χ2n) is 5.40. The van der Waals surface area contributed by atoms with Crippen molar-refractivity contribution >= 4 is 22.0 Å². The van der Waals surface area contributed by atoms with E-state index in [9.17, 15) is 18.0 Å². The van der Waals surface area contributed by atoms with E-state index in [1.807, 2.05) is 0 Å². The molecule has 124 valence electrons. The Balaban J connectivity index is 1.66. The van der Waals surface area contributed by atoms with Crippen molar-refractivity contribution in [3.05, 3.63) is 24.3 Å². The Morgan fingerprint density at radius 2 is 1.96 bits per heavy atom. The minimum Gasteiger partial charge on any atom is -0.495 e. The van der Waals surface area contributed by atoms with Gasteiger partial charge in [0.05, 0.1) is 7.11 Å². The lowest BCUT2D eigenvalue weighted by atomic mass is 10.0. The minimum atomic E-state index is -3.65. The molecule has 0 atom stereocenters. The van der Waals surface area contributed by atoms with Gasteiger partial charge in [-0.3, -0.25) is 4.79 Å². The van der Waals surface area contributed by atoms with Crippen LogP contribution in [0.1, 0.15) is 0 Å². The Kier molecular flexibility index (Phi) is 3.99. The number of hydrogen-bond acceptors (Lipinski definition) is 6. The second kappa shape index (κ2) is 5.82. The molecule has 0 aliphatic carbocycles. The van der Waals surface area contributed by atoms with Crippen molar-refractivity contribution in [3.8, 4) is 5.75 Å². The number of benzene rings is 1. The van der Waals surface area contributed by atoms with Crippen molar-refractivity contribution in [2.24, 2.45) is 5.92 Å². The van der Waals surface area contributed by atoms with Crippen molar-refractivity contribution in [1.29, 1.82) is 0 Å². The van der Waals surface area contributed by atoms with E-state index in [1.165, 1.54) is 17.5 Å². The molecule has 2 aliphatic rings. The standard InChI is InChI=1S/C14H16N2O6S/c1-21-11-4-2-3-5-12(11)23(19,20)15-6-10(7-15)8-16-13(17)9-22-14(16)18/h2-5,10H,6-9H2,1H3. The van der Waals surface area contributed by atoms with Gasteiger partial charge in [-0.05, 0) is 12.1 Å². The summed E-state index contributed by atoms with van der Waals surface area (Å²) in [6.45, 7) is 0.430. The van der Waals surface area contributed by atoms with Gasteiger partial charge in [0.25, 0.3) is 5.91 Å². The highest BCUT2D eigenvalue weighted by Crippen LogP contribution is 2.31. The molecule has 0 unspecified atom stereocenters. The van der Waals surface area contributed by atoms with E-state index < -0.39 is 16.1 Å². The maximum atomic E-state index is 12.6. The first-order valence-corrected chi connectivity index (χ1v) is 8.48. The summed E-state index contributed by atoms with van der Waals surface area (Å²) < 4.78 is 36.2. The number of hydrogen-bond donors (Lipinski definition) is 0. The quantitative estimate of drug-likeness (QED) is 0.765. The molecule has 2 saturated heterocycles. The molecule has 0 spiro atoms. The smallest absolute Gasteiger partial charge is 0.417 e. The van der Waals surface area contributed by atoms with Crippen LogP contribution in [0.25, 0.3) is 0 Å². The molecule has 2 heterocycles. The molecule has 1 aromatic rings. The molecule has 8 nitrogen and oxygen atoms in total. The molecule has 23 heavy (non-hydrogen) atoms. The van der Waals surface area contributed by atoms with Gasteiger partial charge in [-0.2, -0.15) is 4.31 Å². The first-order chi connectivity index (χ1) is 10.9. The van der Waals surface area contributed by atoms with Crippen molar-refractivity contribution < 1.29 is 27.5 Å². The number of rotatable bonds is 5. The van der Waals surface area contributed by atoms with E-state index in [-0.39, 0.29) is 48.7 Å². The van der Waals surface area contributed by atoms with E-state index in [1.54, 1.807) is 18.2 Å². The minimum absolute atomic E-state index is 0.0888. The topological polar surface area (TPSA) is 93.2 Å². The van der Waals surface area contributed by atoms with Gasteiger partial charge in [0.1, 0.15) is 10.6 Å². The number of ether oxygens (including phenoxy) is 2. The molecule has 2 amide bonds. The fourth-order valence-corrected chi connectivity index (χ4v) is 4.37. The van der Waals surface area contributed by atoms with Gasteiger partial charge < -0.3 is 9.47 Å². The SMILES string of the molecule is COc1ccccc1S(=O)(=O)N1CC(CN2C(=O)COC2=O)C1. The summed E-state index contributed by atoms with van der Waals surface area (Å²) in [6, 6.07) is 6.40. The van der Waals surface area contributed by atoms with Crippen molar-refractivity contribution in [2.75, 3.05) is 33.4 Å². The van der Waals surface area contributed by atoms with Crippen LogP contribution in [0.5, 0.6) is 5.75 Å². The molecule has 0 radical (unpaired) electrons. The molecule has 3 rings (SSSR count). The maximum absolute atomic E-state index is 12.6. The van der Waals surface area contributed by atoms with Crippen LogP contribution in [0.4, 0.5) is 4.79 Å². The van der Waals surface area contributed by atoms with Gasteiger partial charge >= 0.3 is 6.09 Å². The predicted octanol–water partition coefficient (Wildman–Crippen LogP) is 0.294. The zero-order valence-corrected chi connectivity index (χ0v) is 13.3. The third-order valence-corrected chi connectivity index (χ3v) is 5.76. The van der Waals surface area contributed by atoms with Gasteiger partial charge in [0, 0.05) is 25.6 Å². The molecule has 1 aromatic carbocycles. The maximum Gasteiger partial charge on any atom is 0.417 e. The van der Waals surface area contributed by atoms with Crippen LogP contribution in [0.3, 0.4) is 0 Å². The number of carbonyl (C=O) groups is 2. The zero-order chi connectivity index (χ0) is 16.6. The summed E-state index contributed by atoms with van der Waals surface area (Å²) in [6.07, 6.45) is -0.666. The predicted molar refractivity (Wildman–Crippen MR) is 78.3 cm³/mol. The Morgan fingerprint density at radius 3 is 2.57 bits per heavy atom. The monoisotopic (exact) mass is 340 g/mol. The van der Waals surface area contributed by atoms with Gasteiger partial charge in [-0.1, -0.05) is 12.1 Å². The van der Waals surface area contributed by atoms with Crippen molar-refractivity contribution in [2.45, 2.75) is 4.90 Å². The molecular weight excluding hydrogens is 324 g/mol. The average Bonchev–Trinajstić information content (AvgIpc) is 2.81. The Hall–Kier alpha value is -2.13. The number of para-hydroxylation sites is 1. The van der Waals surface area contributed by atoms with Crippen LogP contribution < -0.4 is 4.74 Å². The third-order valence-electron chi connectivity index (χ3n) is 3.89. The molecule has 0 bridgehead atoms. The molecular formula is C14H16N2O6S. The number of amides is 2. The third kappa shape index (κ3) is 2.77. The number of cyclic esters (lactones) is 1. The van der Waals surface area contributed by atoms with Crippen LogP contribution in [0.2, 0.25) is 0 Å². The van der Waals surface area contributed by atoms with Crippen LogP contribution >= 0.6 is 0 Å². The molecule has 2 aliphatic heterocycles. The first kappa shape index (κ1) is 15.8. The number of nitrogens with zero attached hydrogens (tertiary/aromatic N) is 2. The number of imide groups is 1. The summed E-state index contributed by atoms with van der Waals surface area (Å²) in [7, 11) is -2.24. The van der Waals surface area contributed by atoms with Crippen LogP contribution in [-0.4, -0.2) is 63.0 Å². The first-order valence-electron chi connectivity index (χ1n) is 7.03. The van der Waals surface area contributed by atoms with Crippen molar-refractivity contribution in [3.63, 3.8) is 0 Å². The number of carbonyl (C=O) groups excluding carboxylic acids is 2. The normalized spacial score (nSPS) is 19.6. The Labute approximate surface area is 133 Å². The molecule has 0 saturated carbocycles. The van der Waals surface area contributed by atoms with E-state index in [0.29, 0.717) is 0 Å². The fraction of sp³-hybridized carbons (Fsp3) is 0.429. The fourth-order valence-electron chi connectivity index (χ4n) is 2.62. The van der Waals surface area contributed by atoms with E-state index >= 15 is 0 Å². The van der Waals surface area contributed by atoms with E-state index in [4.69, 9.17) is 4.74 Å². The van der Waals surface area contributed by atoms with Crippen LogP contribution in [0, 0.1) is 5.92 Å². The van der Waals surface area contributed by atoms with Gasteiger partial charge in [-0.25, -0.2) is 18.1 Å². The summed E-state index contributed by atoms with van der Waals surface area (Å²) in [5.74, 6) is -0.190. The van der Waals surface area contributed by atoms with Crippen molar-refractivity contribution in [1.82, 2.24) is 9.21 Å². The molecule has 0 N–H and O–H groups in total. The summed E-state index contributed by atoms with van der Waals surface area (Å²) in [5, 5.41) is 0. The van der Waals surface area contributed by atoms with E-state index in [2.05, 4.69) is 4.74 Å². The highest BCUT2D eigenvalue weighted by atomic mass is 32.2. The van der Waals surface area contributed by atoms with Gasteiger partial charge in [0.2, 0.25) is 10.0 Å². The molecule has 2 fully saturated rings. The highest BCUT2D eigenvalue weighted by Gasteiger charge is 2.41. The molecule has 9 heteroatoms. The number of sulfonamides is 1. The lowest BCUT2D eigenvalue weighted by Gasteiger charge is -2.39. The summed E-state index contributed by atoms with van der Waals surface area (Å²) in [4.78, 5) is 24.0. The second-order valence-corrected chi connectivity index (χ2v) is 7.30. The van der Waals surface area contributed by atoms with Crippen LogP contribution in [-0.2, 0) is 19.6 Å². The summed E-state index contributed by atoms with van der Waals surface area (Å²) in [5.41, 5.74) is 0. The number of methoxy groups -OCH3 is 1. The highest BCUT2D eigenvalue weighted by molar-refractivity contribution is 7.89. The van der Waals surface area contributed by atoms with Gasteiger partial charge in [-0.15, -0.1) is 0 Å². The van der Waals surface area contributed by atoms with Crippen LogP contribution in [0.15, 0.2) is 29.2 Å². The Bertz CT molecular complexity index is 725. The lowest BCUT2D eigenvalue weighted by Crippen LogP contribution is -2.54. The molecule has 0 aromatic heterocycles. The largest absolute Gasteiger partial charge is 0.495 e. The zero-order valence-electron chi connectivity index (χ0n) is 12.5.